The first-order chi connectivity index (χ1) is 9.31. The summed E-state index contributed by atoms with van der Waals surface area (Å²) in [5.74, 6) is -1.42. The molecule has 116 valence electrons. The van der Waals surface area contributed by atoms with Crippen LogP contribution in [0.1, 0.15) is 20.8 Å². The van der Waals surface area contributed by atoms with Crippen molar-refractivity contribution in [2.24, 2.45) is 0 Å². The van der Waals surface area contributed by atoms with Gasteiger partial charge in [-0.3, -0.25) is 4.79 Å². The number of carbonyl (C=O) groups is 3. The van der Waals surface area contributed by atoms with Crippen LogP contribution in [0.3, 0.4) is 0 Å². The summed E-state index contributed by atoms with van der Waals surface area (Å²) in [6, 6.07) is -0.510. The van der Waals surface area contributed by atoms with E-state index >= 15 is 0 Å². The van der Waals surface area contributed by atoms with Crippen molar-refractivity contribution in [3.8, 4) is 0 Å². The molecule has 0 spiro atoms. The van der Waals surface area contributed by atoms with Crippen LogP contribution < -0.4 is 10.6 Å². The molecule has 0 bridgehead atoms. The second-order valence-corrected chi connectivity index (χ2v) is 4.49. The molecule has 8 heteroatoms. The number of carboxylic acids is 1. The van der Waals surface area contributed by atoms with Crippen LogP contribution in [-0.4, -0.2) is 66.8 Å². The first-order valence-electron chi connectivity index (χ1n) is 6.39. The molecule has 3 N–H and O–H groups in total. The number of nitrogens with zero attached hydrogens (tertiary/aromatic N) is 1. The number of likely N-dealkylation sites (N-methyl/N-ethyl adjacent to an activating group) is 1. The molecule has 0 aromatic heterocycles. The van der Waals surface area contributed by atoms with Gasteiger partial charge >= 0.3 is 12.0 Å². The third-order valence-corrected chi connectivity index (χ3v) is 2.45. The molecule has 0 aliphatic carbocycles. The summed E-state index contributed by atoms with van der Waals surface area (Å²) in [6.45, 7) is 5.47. The van der Waals surface area contributed by atoms with Crippen LogP contribution in [0.2, 0.25) is 0 Å². The number of carbonyl (C=O) groups excluding carboxylic acids is 2. The van der Waals surface area contributed by atoms with Gasteiger partial charge in [0.2, 0.25) is 5.91 Å². The van der Waals surface area contributed by atoms with Crippen molar-refractivity contribution in [2.75, 3.05) is 26.7 Å². The van der Waals surface area contributed by atoms with Gasteiger partial charge in [-0.25, -0.2) is 9.59 Å². The maximum absolute atomic E-state index is 11.8. The number of aliphatic carboxylic acids is 1. The predicted molar refractivity (Wildman–Crippen MR) is 72.4 cm³/mol. The van der Waals surface area contributed by atoms with Crippen LogP contribution in [0.5, 0.6) is 0 Å². The van der Waals surface area contributed by atoms with E-state index < -0.39 is 18.1 Å². The maximum Gasteiger partial charge on any atom is 0.334 e. The number of hydrogen-bond donors (Lipinski definition) is 3. The molecule has 0 aromatic rings. The van der Waals surface area contributed by atoms with E-state index in [0.29, 0.717) is 6.54 Å². The summed E-state index contributed by atoms with van der Waals surface area (Å²) in [5.41, 5.74) is 0. The Kier molecular flexibility index (Phi) is 8.30. The molecule has 20 heavy (non-hydrogen) atoms. The van der Waals surface area contributed by atoms with E-state index in [4.69, 9.17) is 9.84 Å². The first kappa shape index (κ1) is 18.2. The zero-order valence-corrected chi connectivity index (χ0v) is 12.3. The van der Waals surface area contributed by atoms with Crippen LogP contribution >= 0.6 is 0 Å². The third kappa shape index (κ3) is 6.93. The van der Waals surface area contributed by atoms with Crippen molar-refractivity contribution in [1.82, 2.24) is 15.5 Å². The van der Waals surface area contributed by atoms with E-state index in [1.807, 2.05) is 13.8 Å². The average Bonchev–Trinajstić information content (AvgIpc) is 2.35. The number of amides is 3. The number of carboxylic acid groups (broad SMARTS) is 1. The Hall–Kier alpha value is -1.83. The van der Waals surface area contributed by atoms with Crippen molar-refractivity contribution in [3.05, 3.63) is 0 Å². The van der Waals surface area contributed by atoms with E-state index in [1.54, 1.807) is 6.92 Å². The fourth-order valence-electron chi connectivity index (χ4n) is 1.43. The molecule has 0 heterocycles. The van der Waals surface area contributed by atoms with Crippen LogP contribution in [-0.2, 0) is 14.3 Å². The molecule has 0 fully saturated rings. The molecule has 8 nitrogen and oxygen atoms in total. The normalized spacial score (nSPS) is 11.8. The minimum atomic E-state index is -1.16. The highest BCUT2D eigenvalue weighted by Gasteiger charge is 2.20. The second-order valence-electron chi connectivity index (χ2n) is 4.49. The van der Waals surface area contributed by atoms with E-state index in [0.717, 1.165) is 0 Å². The van der Waals surface area contributed by atoms with Gasteiger partial charge in [-0.1, -0.05) is 0 Å². The molecule has 3 amide bonds. The molecule has 0 saturated heterocycles. The van der Waals surface area contributed by atoms with Crippen molar-refractivity contribution in [2.45, 2.75) is 32.9 Å². The highest BCUT2D eigenvalue weighted by molar-refractivity contribution is 5.84. The topological polar surface area (TPSA) is 108 Å². The van der Waals surface area contributed by atoms with Gasteiger partial charge in [0.05, 0.1) is 6.54 Å². The summed E-state index contributed by atoms with van der Waals surface area (Å²) >= 11 is 0. The Labute approximate surface area is 118 Å². The summed E-state index contributed by atoms with van der Waals surface area (Å²) in [7, 11) is 1.25. The van der Waals surface area contributed by atoms with E-state index in [-0.39, 0.29) is 25.0 Å². The number of rotatable bonds is 8. The van der Waals surface area contributed by atoms with Crippen LogP contribution in [0.15, 0.2) is 0 Å². The monoisotopic (exact) mass is 289 g/mol. The molecule has 0 rings (SSSR count). The van der Waals surface area contributed by atoms with Gasteiger partial charge in [0.1, 0.15) is 6.54 Å². The summed E-state index contributed by atoms with van der Waals surface area (Å²) in [5, 5.41) is 13.9. The predicted octanol–water partition coefficient (Wildman–Crippen LogP) is -0.358. The Morgan fingerprint density at radius 3 is 2.30 bits per heavy atom. The molecule has 0 aliphatic heterocycles. The summed E-state index contributed by atoms with van der Waals surface area (Å²) in [4.78, 5) is 35.4. The lowest BCUT2D eigenvalue weighted by Gasteiger charge is -2.22. The van der Waals surface area contributed by atoms with E-state index in [9.17, 15) is 14.4 Å². The Morgan fingerprint density at radius 2 is 1.90 bits per heavy atom. The van der Waals surface area contributed by atoms with Crippen molar-refractivity contribution < 1.29 is 24.2 Å². The zero-order chi connectivity index (χ0) is 15.7. The molecular formula is C12H23N3O5. The molecule has 1 atom stereocenters. The summed E-state index contributed by atoms with van der Waals surface area (Å²) < 4.78 is 4.70. The lowest BCUT2D eigenvalue weighted by molar-refractivity contribution is -0.148. The average molecular weight is 289 g/mol. The lowest BCUT2D eigenvalue weighted by atomic mass is 10.3. The van der Waals surface area contributed by atoms with Crippen LogP contribution in [0.4, 0.5) is 4.79 Å². The Morgan fingerprint density at radius 1 is 1.30 bits per heavy atom. The SMILES string of the molecule is CCN(CC(=O)NC(C)C)C(=O)NCC(OC)C(=O)O. The smallest absolute Gasteiger partial charge is 0.334 e. The highest BCUT2D eigenvalue weighted by Crippen LogP contribution is 1.93. The van der Waals surface area contributed by atoms with Gasteiger partial charge in [0, 0.05) is 19.7 Å². The molecular weight excluding hydrogens is 266 g/mol. The first-order valence-corrected chi connectivity index (χ1v) is 6.39. The van der Waals surface area contributed by atoms with Crippen molar-refractivity contribution in [3.63, 3.8) is 0 Å². The largest absolute Gasteiger partial charge is 0.479 e. The number of nitrogens with one attached hydrogen (secondary N) is 2. The lowest BCUT2D eigenvalue weighted by Crippen LogP contribution is -2.48. The number of methoxy groups -OCH3 is 1. The number of hydrogen-bond acceptors (Lipinski definition) is 4. The van der Waals surface area contributed by atoms with E-state index in [1.165, 1.54) is 12.0 Å². The zero-order valence-electron chi connectivity index (χ0n) is 12.3. The minimum Gasteiger partial charge on any atom is -0.479 e. The van der Waals surface area contributed by atoms with Gasteiger partial charge in [0.25, 0.3) is 0 Å². The Bertz CT molecular complexity index is 346. The van der Waals surface area contributed by atoms with Crippen LogP contribution in [0.25, 0.3) is 0 Å². The molecule has 1 unspecified atom stereocenters. The van der Waals surface area contributed by atoms with Gasteiger partial charge < -0.3 is 25.4 Å². The third-order valence-electron chi connectivity index (χ3n) is 2.45. The number of ether oxygens (including phenoxy) is 1. The maximum atomic E-state index is 11.8. The van der Waals surface area contributed by atoms with Crippen molar-refractivity contribution in [1.29, 1.82) is 0 Å². The molecule has 0 aliphatic rings. The Balaban J connectivity index is 4.33. The molecule has 0 radical (unpaired) electrons. The summed E-state index contributed by atoms with van der Waals surface area (Å²) in [6.07, 6.45) is -1.11. The minimum absolute atomic E-state index is 0.00542. The molecule has 0 saturated carbocycles. The van der Waals surface area contributed by atoms with Crippen molar-refractivity contribution >= 4 is 17.9 Å². The second kappa shape index (κ2) is 9.13. The standard InChI is InChI=1S/C12H23N3O5/c1-5-15(7-10(16)14-8(2)3)12(19)13-6-9(20-4)11(17)18/h8-9H,5-7H2,1-4H3,(H,13,19)(H,14,16)(H,17,18). The van der Waals surface area contributed by atoms with Gasteiger partial charge in [-0.15, -0.1) is 0 Å². The van der Waals surface area contributed by atoms with Gasteiger partial charge in [-0.05, 0) is 20.8 Å². The van der Waals surface area contributed by atoms with Gasteiger partial charge in [0.15, 0.2) is 6.10 Å². The van der Waals surface area contributed by atoms with Crippen LogP contribution in [0, 0.1) is 0 Å². The fraction of sp³-hybridized carbons (Fsp3) is 0.750. The van der Waals surface area contributed by atoms with Gasteiger partial charge in [-0.2, -0.15) is 0 Å². The molecule has 0 aromatic carbocycles. The highest BCUT2D eigenvalue weighted by atomic mass is 16.5. The fourth-order valence-corrected chi connectivity index (χ4v) is 1.43. The number of urea groups is 1. The quantitative estimate of drug-likeness (QED) is 0.565. The van der Waals surface area contributed by atoms with E-state index in [2.05, 4.69) is 10.6 Å².